The van der Waals surface area contributed by atoms with Gasteiger partial charge in [0.2, 0.25) is 5.91 Å². The van der Waals surface area contributed by atoms with Gasteiger partial charge in [-0.2, -0.15) is 5.26 Å². The minimum Gasteiger partial charge on any atom is -0.394 e. The molecule has 1 aromatic rings. The van der Waals surface area contributed by atoms with E-state index in [9.17, 15) is 9.90 Å². The Labute approximate surface area is 125 Å². The third-order valence-corrected chi connectivity index (χ3v) is 3.97. The molecule has 110 valence electrons. The Kier molecular flexibility index (Phi) is 5.13. The van der Waals surface area contributed by atoms with Gasteiger partial charge in [-0.1, -0.05) is 31.4 Å². The summed E-state index contributed by atoms with van der Waals surface area (Å²) in [5.74, 6) is -0.185. The van der Waals surface area contributed by atoms with Crippen molar-refractivity contribution >= 4 is 12.0 Å². The maximum absolute atomic E-state index is 12.0. The van der Waals surface area contributed by atoms with E-state index in [0.717, 1.165) is 31.2 Å². The van der Waals surface area contributed by atoms with Crippen LogP contribution in [0.2, 0.25) is 0 Å². The SMILES string of the molecule is N#Cc1ccc(C=CC(=O)NC2(CO)CCCCC2)cc1. The number of hydrogen-bond acceptors (Lipinski definition) is 3. The fourth-order valence-corrected chi connectivity index (χ4v) is 2.69. The average molecular weight is 284 g/mol. The number of rotatable bonds is 4. The lowest BCUT2D eigenvalue weighted by Crippen LogP contribution is -2.52. The van der Waals surface area contributed by atoms with Crippen molar-refractivity contribution in [3.8, 4) is 6.07 Å². The van der Waals surface area contributed by atoms with E-state index in [2.05, 4.69) is 11.4 Å². The fourth-order valence-electron chi connectivity index (χ4n) is 2.69. The van der Waals surface area contributed by atoms with Crippen molar-refractivity contribution in [2.75, 3.05) is 6.61 Å². The highest BCUT2D eigenvalue weighted by atomic mass is 16.3. The molecule has 1 aliphatic carbocycles. The van der Waals surface area contributed by atoms with Gasteiger partial charge in [-0.3, -0.25) is 4.79 Å². The summed E-state index contributed by atoms with van der Waals surface area (Å²) in [5.41, 5.74) is 1.01. The molecule has 1 aliphatic rings. The molecule has 0 radical (unpaired) electrons. The van der Waals surface area contributed by atoms with E-state index >= 15 is 0 Å². The molecule has 21 heavy (non-hydrogen) atoms. The van der Waals surface area contributed by atoms with E-state index in [-0.39, 0.29) is 12.5 Å². The summed E-state index contributed by atoms with van der Waals surface area (Å²) in [5, 5.41) is 21.2. The van der Waals surface area contributed by atoms with Crippen LogP contribution in [-0.4, -0.2) is 23.2 Å². The molecule has 1 amide bonds. The molecule has 1 aromatic carbocycles. The van der Waals surface area contributed by atoms with Gasteiger partial charge in [-0.15, -0.1) is 0 Å². The number of carbonyl (C=O) groups is 1. The van der Waals surface area contributed by atoms with E-state index in [1.54, 1.807) is 30.3 Å². The van der Waals surface area contributed by atoms with Gasteiger partial charge >= 0.3 is 0 Å². The number of benzene rings is 1. The molecule has 0 atom stereocenters. The molecule has 4 nitrogen and oxygen atoms in total. The zero-order valence-corrected chi connectivity index (χ0v) is 12.0. The number of nitriles is 1. The Morgan fingerprint density at radius 3 is 2.52 bits per heavy atom. The van der Waals surface area contributed by atoms with Gasteiger partial charge in [-0.05, 0) is 36.6 Å². The minimum absolute atomic E-state index is 0.0105. The maximum atomic E-state index is 12.0. The van der Waals surface area contributed by atoms with E-state index in [1.165, 1.54) is 12.5 Å². The minimum atomic E-state index is -0.454. The van der Waals surface area contributed by atoms with Crippen molar-refractivity contribution < 1.29 is 9.90 Å². The number of aliphatic hydroxyl groups is 1. The predicted octanol–water partition coefficient (Wildman–Crippen LogP) is 2.38. The summed E-state index contributed by atoms with van der Waals surface area (Å²) in [6.07, 6.45) is 8.11. The Bertz CT molecular complexity index is 549. The zero-order valence-electron chi connectivity index (χ0n) is 12.0. The summed E-state index contributed by atoms with van der Waals surface area (Å²) < 4.78 is 0. The van der Waals surface area contributed by atoms with E-state index in [1.807, 2.05) is 0 Å². The first-order chi connectivity index (χ1) is 10.2. The van der Waals surface area contributed by atoms with Crippen LogP contribution in [0.1, 0.15) is 43.2 Å². The molecule has 0 spiro atoms. The molecular formula is C17H20N2O2. The Morgan fingerprint density at radius 1 is 1.29 bits per heavy atom. The third-order valence-electron chi connectivity index (χ3n) is 3.97. The van der Waals surface area contributed by atoms with Crippen LogP contribution in [-0.2, 0) is 4.79 Å². The first-order valence-electron chi connectivity index (χ1n) is 7.29. The average Bonchev–Trinajstić information content (AvgIpc) is 2.54. The van der Waals surface area contributed by atoms with Crippen LogP contribution in [0.15, 0.2) is 30.3 Å². The van der Waals surface area contributed by atoms with Gasteiger partial charge in [0.05, 0.1) is 23.8 Å². The fraction of sp³-hybridized carbons (Fsp3) is 0.412. The summed E-state index contributed by atoms with van der Waals surface area (Å²) in [6, 6.07) is 9.08. The van der Waals surface area contributed by atoms with Crippen LogP contribution < -0.4 is 5.32 Å². The quantitative estimate of drug-likeness (QED) is 0.834. The van der Waals surface area contributed by atoms with Crippen LogP contribution in [0.25, 0.3) is 6.08 Å². The van der Waals surface area contributed by atoms with Gasteiger partial charge in [-0.25, -0.2) is 0 Å². The molecule has 0 aliphatic heterocycles. The lowest BCUT2D eigenvalue weighted by atomic mass is 9.82. The highest BCUT2D eigenvalue weighted by Gasteiger charge is 2.32. The maximum Gasteiger partial charge on any atom is 0.244 e. The van der Waals surface area contributed by atoms with Gasteiger partial charge in [0.15, 0.2) is 0 Å². The lowest BCUT2D eigenvalue weighted by Gasteiger charge is -2.36. The molecular weight excluding hydrogens is 264 g/mol. The number of aliphatic hydroxyl groups excluding tert-OH is 1. The predicted molar refractivity (Wildman–Crippen MR) is 81.2 cm³/mol. The van der Waals surface area contributed by atoms with Crippen molar-refractivity contribution in [2.45, 2.75) is 37.6 Å². The largest absolute Gasteiger partial charge is 0.394 e. The lowest BCUT2D eigenvalue weighted by molar-refractivity contribution is -0.119. The van der Waals surface area contributed by atoms with Gasteiger partial charge < -0.3 is 10.4 Å². The Hall–Kier alpha value is -2.12. The highest BCUT2D eigenvalue weighted by molar-refractivity contribution is 5.92. The van der Waals surface area contributed by atoms with Crippen LogP contribution in [0.4, 0.5) is 0 Å². The Morgan fingerprint density at radius 2 is 1.95 bits per heavy atom. The molecule has 4 heteroatoms. The second-order valence-corrected chi connectivity index (χ2v) is 5.56. The molecule has 1 fully saturated rings. The first kappa shape index (κ1) is 15.3. The monoisotopic (exact) mass is 284 g/mol. The summed E-state index contributed by atoms with van der Waals surface area (Å²) in [6.45, 7) is -0.0105. The topological polar surface area (TPSA) is 73.1 Å². The van der Waals surface area contributed by atoms with E-state index in [4.69, 9.17) is 5.26 Å². The molecule has 2 rings (SSSR count). The summed E-state index contributed by atoms with van der Waals surface area (Å²) >= 11 is 0. The Balaban J connectivity index is 1.96. The zero-order chi connectivity index (χ0) is 15.1. The third kappa shape index (κ3) is 4.17. The van der Waals surface area contributed by atoms with E-state index < -0.39 is 5.54 Å². The van der Waals surface area contributed by atoms with Crippen LogP contribution in [0.3, 0.4) is 0 Å². The number of carbonyl (C=O) groups excluding carboxylic acids is 1. The van der Waals surface area contributed by atoms with Crippen molar-refractivity contribution in [3.63, 3.8) is 0 Å². The molecule has 0 bridgehead atoms. The molecule has 2 N–H and O–H groups in total. The summed E-state index contributed by atoms with van der Waals surface area (Å²) in [4.78, 5) is 12.0. The summed E-state index contributed by atoms with van der Waals surface area (Å²) in [7, 11) is 0. The number of nitrogens with one attached hydrogen (secondary N) is 1. The van der Waals surface area contributed by atoms with Crippen molar-refractivity contribution in [1.29, 1.82) is 5.26 Å². The van der Waals surface area contributed by atoms with E-state index in [0.29, 0.717) is 5.56 Å². The standard InChI is InChI=1S/C17H20N2O2/c18-12-15-6-4-14(5-7-15)8-9-16(21)19-17(13-20)10-2-1-3-11-17/h4-9,20H,1-3,10-11,13H2,(H,19,21). The van der Waals surface area contributed by atoms with Crippen LogP contribution in [0.5, 0.6) is 0 Å². The van der Waals surface area contributed by atoms with Crippen molar-refractivity contribution in [2.24, 2.45) is 0 Å². The highest BCUT2D eigenvalue weighted by Crippen LogP contribution is 2.27. The second-order valence-electron chi connectivity index (χ2n) is 5.56. The van der Waals surface area contributed by atoms with Crippen LogP contribution >= 0.6 is 0 Å². The number of nitrogens with zero attached hydrogens (tertiary/aromatic N) is 1. The smallest absolute Gasteiger partial charge is 0.244 e. The molecule has 1 saturated carbocycles. The number of hydrogen-bond donors (Lipinski definition) is 2. The van der Waals surface area contributed by atoms with Gasteiger partial charge in [0.25, 0.3) is 0 Å². The van der Waals surface area contributed by atoms with Crippen LogP contribution in [0, 0.1) is 11.3 Å². The molecule has 0 aromatic heterocycles. The first-order valence-corrected chi connectivity index (χ1v) is 7.29. The van der Waals surface area contributed by atoms with Gasteiger partial charge in [0, 0.05) is 6.08 Å². The number of amides is 1. The second kappa shape index (κ2) is 7.05. The molecule has 0 heterocycles. The van der Waals surface area contributed by atoms with Crippen molar-refractivity contribution in [1.82, 2.24) is 5.32 Å². The molecule has 0 saturated heterocycles. The van der Waals surface area contributed by atoms with Gasteiger partial charge in [0.1, 0.15) is 0 Å². The van der Waals surface area contributed by atoms with Crippen molar-refractivity contribution in [3.05, 3.63) is 41.5 Å². The molecule has 0 unspecified atom stereocenters. The normalized spacial score (nSPS) is 17.3.